The molecule has 1 fully saturated rings. The SMILES string of the molecule is CC(C)(C)OC(=O)/C=C/C(=O)O[C@H]1CC[C@H](O)CC1. The first-order valence-electron chi connectivity index (χ1n) is 6.56. The summed E-state index contributed by atoms with van der Waals surface area (Å²) in [5.41, 5.74) is -0.579. The number of aliphatic hydroxyl groups excluding tert-OH is 1. The largest absolute Gasteiger partial charge is 0.459 e. The van der Waals surface area contributed by atoms with Crippen LogP contribution < -0.4 is 0 Å². The molecule has 108 valence electrons. The molecule has 0 unspecified atom stereocenters. The first-order chi connectivity index (χ1) is 8.76. The maximum atomic E-state index is 11.5. The number of rotatable bonds is 3. The van der Waals surface area contributed by atoms with Gasteiger partial charge in [-0.25, -0.2) is 9.59 Å². The molecule has 19 heavy (non-hydrogen) atoms. The predicted octanol–water partition coefficient (Wildman–Crippen LogP) is 1.73. The molecular weight excluding hydrogens is 248 g/mol. The van der Waals surface area contributed by atoms with Crippen LogP contribution in [0.4, 0.5) is 0 Å². The van der Waals surface area contributed by atoms with Gasteiger partial charge in [-0.3, -0.25) is 0 Å². The van der Waals surface area contributed by atoms with E-state index in [1.54, 1.807) is 20.8 Å². The monoisotopic (exact) mass is 270 g/mol. The van der Waals surface area contributed by atoms with Crippen molar-refractivity contribution in [2.45, 2.75) is 64.3 Å². The Morgan fingerprint density at radius 1 is 1.05 bits per heavy atom. The molecule has 0 aromatic rings. The fourth-order valence-corrected chi connectivity index (χ4v) is 1.84. The number of aliphatic hydroxyl groups is 1. The zero-order valence-electron chi connectivity index (χ0n) is 11.7. The molecule has 0 spiro atoms. The van der Waals surface area contributed by atoms with Gasteiger partial charge in [-0.2, -0.15) is 0 Å². The molecular formula is C14H22O5. The summed E-state index contributed by atoms with van der Waals surface area (Å²) in [7, 11) is 0. The van der Waals surface area contributed by atoms with Crippen LogP contribution in [0.5, 0.6) is 0 Å². The maximum Gasteiger partial charge on any atom is 0.331 e. The molecule has 1 rings (SSSR count). The molecule has 0 amide bonds. The standard InChI is InChI=1S/C14H22O5/c1-14(2,3)19-13(17)9-8-12(16)18-11-6-4-10(15)5-7-11/h8-11,15H,4-7H2,1-3H3/b9-8+/t10-,11-. The minimum absolute atomic E-state index is 0.167. The molecule has 0 atom stereocenters. The third-order valence-electron chi connectivity index (χ3n) is 2.69. The zero-order valence-corrected chi connectivity index (χ0v) is 11.7. The molecule has 1 aliphatic carbocycles. The van der Waals surface area contributed by atoms with Crippen LogP contribution in [0.3, 0.4) is 0 Å². The molecule has 1 saturated carbocycles. The van der Waals surface area contributed by atoms with Crippen molar-refractivity contribution in [1.82, 2.24) is 0 Å². The van der Waals surface area contributed by atoms with Crippen molar-refractivity contribution < 1.29 is 24.2 Å². The normalized spacial score (nSPS) is 24.2. The summed E-state index contributed by atoms with van der Waals surface area (Å²) in [6, 6.07) is 0. The summed E-state index contributed by atoms with van der Waals surface area (Å²) >= 11 is 0. The van der Waals surface area contributed by atoms with Gasteiger partial charge in [0, 0.05) is 12.2 Å². The summed E-state index contributed by atoms with van der Waals surface area (Å²) in [5, 5.41) is 9.33. The van der Waals surface area contributed by atoms with Crippen LogP contribution in [-0.4, -0.2) is 34.9 Å². The van der Waals surface area contributed by atoms with E-state index in [1.807, 2.05) is 0 Å². The number of ether oxygens (including phenoxy) is 2. The zero-order chi connectivity index (χ0) is 14.5. The summed E-state index contributed by atoms with van der Waals surface area (Å²) in [6.07, 6.45) is 4.32. The lowest BCUT2D eigenvalue weighted by Gasteiger charge is -2.24. The number of carbonyl (C=O) groups excluding carboxylic acids is 2. The van der Waals surface area contributed by atoms with Gasteiger partial charge in [0.05, 0.1) is 6.10 Å². The number of carbonyl (C=O) groups is 2. The average molecular weight is 270 g/mol. The number of hydrogen-bond donors (Lipinski definition) is 1. The van der Waals surface area contributed by atoms with E-state index in [-0.39, 0.29) is 12.2 Å². The third kappa shape index (κ3) is 6.96. The molecule has 1 N–H and O–H groups in total. The van der Waals surface area contributed by atoms with E-state index in [1.165, 1.54) is 0 Å². The first kappa shape index (κ1) is 15.7. The van der Waals surface area contributed by atoms with Crippen LogP contribution in [-0.2, 0) is 19.1 Å². The average Bonchev–Trinajstić information content (AvgIpc) is 2.27. The highest BCUT2D eigenvalue weighted by molar-refractivity contribution is 5.91. The van der Waals surface area contributed by atoms with Crippen molar-refractivity contribution in [2.24, 2.45) is 0 Å². The van der Waals surface area contributed by atoms with Crippen LogP contribution in [0.25, 0.3) is 0 Å². The van der Waals surface area contributed by atoms with E-state index in [9.17, 15) is 14.7 Å². The van der Waals surface area contributed by atoms with E-state index in [2.05, 4.69) is 0 Å². The molecule has 1 aliphatic rings. The summed E-state index contributed by atoms with van der Waals surface area (Å²) < 4.78 is 10.2. The van der Waals surface area contributed by atoms with Gasteiger partial charge >= 0.3 is 11.9 Å². The van der Waals surface area contributed by atoms with Crippen molar-refractivity contribution in [2.75, 3.05) is 0 Å². The van der Waals surface area contributed by atoms with Crippen LogP contribution in [0.1, 0.15) is 46.5 Å². The molecule has 0 aliphatic heterocycles. The van der Waals surface area contributed by atoms with Gasteiger partial charge in [-0.15, -0.1) is 0 Å². The maximum absolute atomic E-state index is 11.5. The van der Waals surface area contributed by atoms with E-state index < -0.39 is 17.5 Å². The summed E-state index contributed by atoms with van der Waals surface area (Å²) in [4.78, 5) is 22.8. The van der Waals surface area contributed by atoms with Gasteiger partial charge in [0.25, 0.3) is 0 Å². The lowest BCUT2D eigenvalue weighted by Crippen LogP contribution is -2.26. The molecule has 5 nitrogen and oxygen atoms in total. The van der Waals surface area contributed by atoms with Crippen molar-refractivity contribution in [3.05, 3.63) is 12.2 Å². The molecule has 0 radical (unpaired) electrons. The van der Waals surface area contributed by atoms with Crippen molar-refractivity contribution in [3.8, 4) is 0 Å². The van der Waals surface area contributed by atoms with Crippen LogP contribution >= 0.6 is 0 Å². The first-order valence-corrected chi connectivity index (χ1v) is 6.56. The van der Waals surface area contributed by atoms with Gasteiger partial charge < -0.3 is 14.6 Å². The Balaban J connectivity index is 2.32. The Bertz CT molecular complexity index is 345. The fraction of sp³-hybridized carbons (Fsp3) is 0.714. The second-order valence-corrected chi connectivity index (χ2v) is 5.73. The molecule has 5 heteroatoms. The summed E-state index contributed by atoms with van der Waals surface area (Å²) in [6.45, 7) is 5.26. The predicted molar refractivity (Wildman–Crippen MR) is 69.3 cm³/mol. The van der Waals surface area contributed by atoms with Crippen molar-refractivity contribution in [3.63, 3.8) is 0 Å². The Hall–Kier alpha value is -1.36. The lowest BCUT2D eigenvalue weighted by molar-refractivity contribution is -0.150. The van der Waals surface area contributed by atoms with Gasteiger partial charge in [0.15, 0.2) is 0 Å². The van der Waals surface area contributed by atoms with Gasteiger partial charge in [-0.05, 0) is 46.5 Å². The van der Waals surface area contributed by atoms with E-state index >= 15 is 0 Å². The minimum atomic E-state index is -0.579. The molecule has 0 aromatic carbocycles. The van der Waals surface area contributed by atoms with Gasteiger partial charge in [0.1, 0.15) is 11.7 Å². The van der Waals surface area contributed by atoms with Gasteiger partial charge in [0.2, 0.25) is 0 Å². The number of esters is 2. The number of hydrogen-bond acceptors (Lipinski definition) is 5. The van der Waals surface area contributed by atoms with Crippen LogP contribution in [0.15, 0.2) is 12.2 Å². The molecule has 0 saturated heterocycles. The second kappa shape index (κ2) is 6.70. The highest BCUT2D eigenvalue weighted by Gasteiger charge is 2.22. The molecule has 0 heterocycles. The quantitative estimate of drug-likeness (QED) is 0.624. The van der Waals surface area contributed by atoms with Crippen molar-refractivity contribution in [1.29, 1.82) is 0 Å². The second-order valence-electron chi connectivity index (χ2n) is 5.73. The van der Waals surface area contributed by atoms with E-state index in [0.717, 1.165) is 12.2 Å². The van der Waals surface area contributed by atoms with Crippen molar-refractivity contribution >= 4 is 11.9 Å². The lowest BCUT2D eigenvalue weighted by atomic mass is 9.95. The Labute approximate surface area is 113 Å². The highest BCUT2D eigenvalue weighted by Crippen LogP contribution is 2.21. The molecule has 0 bridgehead atoms. The Morgan fingerprint density at radius 2 is 1.58 bits per heavy atom. The smallest absolute Gasteiger partial charge is 0.331 e. The summed E-state index contributed by atoms with van der Waals surface area (Å²) in [5.74, 6) is -1.12. The third-order valence-corrected chi connectivity index (χ3v) is 2.69. The van der Waals surface area contributed by atoms with Crippen LogP contribution in [0, 0.1) is 0 Å². The van der Waals surface area contributed by atoms with Gasteiger partial charge in [-0.1, -0.05) is 0 Å². The fourth-order valence-electron chi connectivity index (χ4n) is 1.84. The highest BCUT2D eigenvalue weighted by atomic mass is 16.6. The van der Waals surface area contributed by atoms with Crippen LogP contribution in [0.2, 0.25) is 0 Å². The molecule has 0 aromatic heterocycles. The Kier molecular flexibility index (Phi) is 5.54. The Morgan fingerprint density at radius 3 is 2.11 bits per heavy atom. The van der Waals surface area contributed by atoms with E-state index in [4.69, 9.17) is 9.47 Å². The topological polar surface area (TPSA) is 72.8 Å². The minimum Gasteiger partial charge on any atom is -0.459 e. The van der Waals surface area contributed by atoms with E-state index in [0.29, 0.717) is 25.7 Å².